The van der Waals surface area contributed by atoms with Gasteiger partial charge in [0.05, 0.1) is 5.69 Å². The second-order valence-corrected chi connectivity index (χ2v) is 4.31. The Kier molecular flexibility index (Phi) is 3.24. The normalized spacial score (nSPS) is 17.6. The summed E-state index contributed by atoms with van der Waals surface area (Å²) in [5, 5.41) is 8.89. The maximum Gasteiger partial charge on any atom is 0.372 e. The fourth-order valence-corrected chi connectivity index (χ4v) is 2.15. The summed E-state index contributed by atoms with van der Waals surface area (Å²) in [6.07, 6.45) is 5.58. The van der Waals surface area contributed by atoms with Crippen molar-refractivity contribution in [3.8, 4) is 0 Å². The Balaban J connectivity index is 2.03. The quantitative estimate of drug-likeness (QED) is 0.833. The molecule has 1 N–H and O–H groups in total. The molecule has 2 heterocycles. The second-order valence-electron chi connectivity index (χ2n) is 4.31. The van der Waals surface area contributed by atoms with Gasteiger partial charge in [0.1, 0.15) is 0 Å². The highest BCUT2D eigenvalue weighted by molar-refractivity contribution is 5.83. The number of rotatable bonds is 3. The van der Waals surface area contributed by atoms with Crippen LogP contribution in [0.25, 0.3) is 0 Å². The third-order valence-corrected chi connectivity index (χ3v) is 2.95. The molecule has 0 aromatic carbocycles. The first-order valence-corrected chi connectivity index (χ1v) is 5.64. The number of hydrogen-bond acceptors (Lipinski definition) is 3. The largest absolute Gasteiger partial charge is 0.475 e. The molecule has 88 valence electrons. The van der Waals surface area contributed by atoms with Gasteiger partial charge in [0.2, 0.25) is 5.82 Å². The van der Waals surface area contributed by atoms with Crippen molar-refractivity contribution in [2.75, 3.05) is 13.1 Å². The van der Waals surface area contributed by atoms with E-state index in [2.05, 4.69) is 9.88 Å². The monoisotopic (exact) mass is 223 g/mol. The van der Waals surface area contributed by atoms with Crippen LogP contribution in [0.15, 0.2) is 6.20 Å². The summed E-state index contributed by atoms with van der Waals surface area (Å²) in [6.45, 7) is 2.96. The molecule has 0 spiro atoms. The van der Waals surface area contributed by atoms with Gasteiger partial charge in [-0.15, -0.1) is 0 Å². The number of carboxylic acids is 1. The molecule has 0 aliphatic carbocycles. The fraction of sp³-hybridized carbons (Fsp3) is 0.636. The Morgan fingerprint density at radius 2 is 2.12 bits per heavy atom. The Labute approximate surface area is 94.7 Å². The van der Waals surface area contributed by atoms with Gasteiger partial charge < -0.3 is 9.67 Å². The van der Waals surface area contributed by atoms with E-state index in [4.69, 9.17) is 5.11 Å². The van der Waals surface area contributed by atoms with Crippen molar-refractivity contribution in [3.05, 3.63) is 17.7 Å². The summed E-state index contributed by atoms with van der Waals surface area (Å²) >= 11 is 0. The van der Waals surface area contributed by atoms with E-state index in [-0.39, 0.29) is 5.82 Å². The van der Waals surface area contributed by atoms with Crippen molar-refractivity contribution in [1.82, 2.24) is 14.5 Å². The number of carbonyl (C=O) groups is 1. The maximum atomic E-state index is 10.8. The van der Waals surface area contributed by atoms with E-state index in [0.29, 0.717) is 0 Å². The van der Waals surface area contributed by atoms with Crippen molar-refractivity contribution in [2.45, 2.75) is 25.8 Å². The SMILES string of the molecule is Cn1cc(CN2CCCCC2)nc1C(=O)O. The number of aromatic carboxylic acids is 1. The number of hydrogen-bond donors (Lipinski definition) is 1. The van der Waals surface area contributed by atoms with Gasteiger partial charge in [-0.1, -0.05) is 6.42 Å². The average molecular weight is 223 g/mol. The van der Waals surface area contributed by atoms with Crippen LogP contribution in [0.2, 0.25) is 0 Å². The zero-order valence-electron chi connectivity index (χ0n) is 9.52. The van der Waals surface area contributed by atoms with E-state index in [9.17, 15) is 4.79 Å². The maximum absolute atomic E-state index is 10.8. The molecule has 1 aliphatic rings. The van der Waals surface area contributed by atoms with Crippen LogP contribution < -0.4 is 0 Å². The molecule has 16 heavy (non-hydrogen) atoms. The smallest absolute Gasteiger partial charge is 0.372 e. The standard InChI is InChI=1S/C11H17N3O2/c1-13-7-9(12-10(13)11(15)16)8-14-5-3-2-4-6-14/h7H,2-6,8H2,1H3,(H,15,16). The van der Waals surface area contributed by atoms with Crippen molar-refractivity contribution in [2.24, 2.45) is 7.05 Å². The van der Waals surface area contributed by atoms with Gasteiger partial charge in [-0.25, -0.2) is 9.78 Å². The first-order valence-electron chi connectivity index (χ1n) is 5.64. The molecule has 0 saturated carbocycles. The minimum absolute atomic E-state index is 0.118. The predicted molar refractivity (Wildman–Crippen MR) is 59.3 cm³/mol. The number of likely N-dealkylation sites (tertiary alicyclic amines) is 1. The Morgan fingerprint density at radius 1 is 1.44 bits per heavy atom. The third-order valence-electron chi connectivity index (χ3n) is 2.95. The van der Waals surface area contributed by atoms with Crippen LogP contribution in [0.5, 0.6) is 0 Å². The fourth-order valence-electron chi connectivity index (χ4n) is 2.15. The lowest BCUT2D eigenvalue weighted by Gasteiger charge is -2.25. The van der Waals surface area contributed by atoms with Gasteiger partial charge in [-0.3, -0.25) is 4.90 Å². The molecule has 1 fully saturated rings. The van der Waals surface area contributed by atoms with Gasteiger partial charge in [-0.05, 0) is 25.9 Å². The van der Waals surface area contributed by atoms with Gasteiger partial charge >= 0.3 is 5.97 Å². The summed E-state index contributed by atoms with van der Waals surface area (Å²) in [7, 11) is 1.72. The molecule has 1 aromatic rings. The van der Waals surface area contributed by atoms with E-state index in [1.54, 1.807) is 17.8 Å². The van der Waals surface area contributed by atoms with Crippen LogP contribution in [0.4, 0.5) is 0 Å². The van der Waals surface area contributed by atoms with Gasteiger partial charge in [0.25, 0.3) is 0 Å². The van der Waals surface area contributed by atoms with Crippen LogP contribution in [-0.4, -0.2) is 38.6 Å². The van der Waals surface area contributed by atoms with Crippen LogP contribution in [0.1, 0.15) is 35.6 Å². The van der Waals surface area contributed by atoms with Crippen molar-refractivity contribution < 1.29 is 9.90 Å². The van der Waals surface area contributed by atoms with Crippen molar-refractivity contribution >= 4 is 5.97 Å². The van der Waals surface area contributed by atoms with Gasteiger partial charge in [0.15, 0.2) is 0 Å². The number of nitrogens with zero attached hydrogens (tertiary/aromatic N) is 3. The highest BCUT2D eigenvalue weighted by Crippen LogP contribution is 2.12. The average Bonchev–Trinajstić information content (AvgIpc) is 2.61. The van der Waals surface area contributed by atoms with Crippen LogP contribution in [0.3, 0.4) is 0 Å². The molecule has 2 rings (SSSR count). The van der Waals surface area contributed by atoms with E-state index in [1.165, 1.54) is 19.3 Å². The molecule has 0 radical (unpaired) electrons. The molecule has 0 unspecified atom stereocenters. The lowest BCUT2D eigenvalue weighted by atomic mass is 10.1. The topological polar surface area (TPSA) is 58.4 Å². The number of aryl methyl sites for hydroxylation is 1. The minimum atomic E-state index is -0.965. The highest BCUT2D eigenvalue weighted by atomic mass is 16.4. The van der Waals surface area contributed by atoms with Crippen molar-refractivity contribution in [3.63, 3.8) is 0 Å². The molecular weight excluding hydrogens is 206 g/mol. The molecule has 0 atom stereocenters. The molecule has 5 heteroatoms. The Morgan fingerprint density at radius 3 is 2.69 bits per heavy atom. The third kappa shape index (κ3) is 2.41. The molecule has 5 nitrogen and oxygen atoms in total. The zero-order valence-corrected chi connectivity index (χ0v) is 9.52. The molecule has 0 bridgehead atoms. The van der Waals surface area contributed by atoms with E-state index in [0.717, 1.165) is 25.3 Å². The van der Waals surface area contributed by atoms with Gasteiger partial charge in [0, 0.05) is 19.8 Å². The number of carboxylic acid groups (broad SMARTS) is 1. The van der Waals surface area contributed by atoms with Crippen molar-refractivity contribution in [1.29, 1.82) is 0 Å². The second kappa shape index (κ2) is 4.65. The number of piperidine rings is 1. The lowest BCUT2D eigenvalue weighted by molar-refractivity contribution is 0.0679. The summed E-state index contributed by atoms with van der Waals surface area (Å²) in [6, 6.07) is 0. The van der Waals surface area contributed by atoms with E-state index in [1.807, 2.05) is 0 Å². The summed E-state index contributed by atoms with van der Waals surface area (Å²) in [4.78, 5) is 17.3. The highest BCUT2D eigenvalue weighted by Gasteiger charge is 2.15. The zero-order chi connectivity index (χ0) is 11.5. The summed E-state index contributed by atoms with van der Waals surface area (Å²) in [5.41, 5.74) is 0.849. The van der Waals surface area contributed by atoms with Crippen LogP contribution in [0, 0.1) is 0 Å². The summed E-state index contributed by atoms with van der Waals surface area (Å²) in [5.74, 6) is -0.848. The first kappa shape index (κ1) is 11.1. The molecule has 0 amide bonds. The van der Waals surface area contributed by atoms with Gasteiger partial charge in [-0.2, -0.15) is 0 Å². The molecular formula is C11H17N3O2. The summed E-state index contributed by atoms with van der Waals surface area (Å²) < 4.78 is 1.57. The first-order chi connectivity index (χ1) is 7.66. The Bertz CT molecular complexity index is 381. The van der Waals surface area contributed by atoms with E-state index >= 15 is 0 Å². The van der Waals surface area contributed by atoms with Crippen LogP contribution in [-0.2, 0) is 13.6 Å². The molecule has 1 saturated heterocycles. The molecule has 1 aromatic heterocycles. The molecule has 1 aliphatic heterocycles. The Hall–Kier alpha value is -1.36. The minimum Gasteiger partial charge on any atom is -0.475 e. The van der Waals surface area contributed by atoms with Crippen LogP contribution >= 0.6 is 0 Å². The predicted octanol–water partition coefficient (Wildman–Crippen LogP) is 1.10. The lowest BCUT2D eigenvalue weighted by Crippen LogP contribution is -2.29. The number of aromatic nitrogens is 2. The number of imidazole rings is 1. The van der Waals surface area contributed by atoms with E-state index < -0.39 is 5.97 Å².